The molecule has 106 valence electrons. The summed E-state index contributed by atoms with van der Waals surface area (Å²) in [5.41, 5.74) is 0.995. The van der Waals surface area contributed by atoms with Crippen molar-refractivity contribution in [1.29, 1.82) is 0 Å². The Kier molecular flexibility index (Phi) is 3.64. The van der Waals surface area contributed by atoms with E-state index in [2.05, 4.69) is 17.0 Å². The Morgan fingerprint density at radius 2 is 2.05 bits per heavy atom. The Morgan fingerprint density at radius 3 is 2.80 bits per heavy atom. The van der Waals surface area contributed by atoms with E-state index in [1.807, 2.05) is 25.1 Å². The van der Waals surface area contributed by atoms with E-state index < -0.39 is 0 Å². The van der Waals surface area contributed by atoms with Gasteiger partial charge in [-0.1, -0.05) is 30.3 Å². The molecule has 1 fully saturated rings. The molecule has 1 heterocycles. The van der Waals surface area contributed by atoms with Crippen molar-refractivity contribution >= 4 is 10.8 Å². The molecule has 2 aromatic carbocycles. The molecular weight excluding hydrogens is 250 g/mol. The second kappa shape index (κ2) is 5.43. The van der Waals surface area contributed by atoms with Gasteiger partial charge in [-0.3, -0.25) is 4.90 Å². The number of likely N-dealkylation sites (tertiary alicyclic amines) is 1. The van der Waals surface area contributed by atoms with Crippen molar-refractivity contribution in [2.24, 2.45) is 5.92 Å². The molecule has 20 heavy (non-hydrogen) atoms. The SMILES string of the molecule is CC(O)C1CCN(Cc2c(O)ccc3ccccc23)C1. The standard InChI is InChI=1S/C17H21NO2/c1-12(19)14-8-9-18(10-14)11-16-15-5-3-2-4-13(15)6-7-17(16)20/h2-7,12,14,19-20H,8-11H2,1H3. The number of hydrogen-bond donors (Lipinski definition) is 2. The number of benzene rings is 2. The van der Waals surface area contributed by atoms with Crippen LogP contribution in [0.3, 0.4) is 0 Å². The lowest BCUT2D eigenvalue weighted by molar-refractivity contribution is 0.127. The number of nitrogens with zero attached hydrogens (tertiary/aromatic N) is 1. The normalized spacial score (nSPS) is 21.4. The summed E-state index contributed by atoms with van der Waals surface area (Å²) >= 11 is 0. The number of phenols is 1. The highest BCUT2D eigenvalue weighted by atomic mass is 16.3. The number of aliphatic hydroxyl groups is 1. The first kappa shape index (κ1) is 13.4. The van der Waals surface area contributed by atoms with Gasteiger partial charge in [0.25, 0.3) is 0 Å². The predicted molar refractivity (Wildman–Crippen MR) is 80.7 cm³/mol. The molecule has 3 heteroatoms. The largest absolute Gasteiger partial charge is 0.508 e. The zero-order valence-electron chi connectivity index (χ0n) is 11.8. The highest BCUT2D eigenvalue weighted by Crippen LogP contribution is 2.30. The zero-order valence-corrected chi connectivity index (χ0v) is 11.8. The minimum atomic E-state index is -0.249. The maximum Gasteiger partial charge on any atom is 0.120 e. The quantitative estimate of drug-likeness (QED) is 0.902. The van der Waals surface area contributed by atoms with Gasteiger partial charge in [-0.05, 0) is 42.6 Å². The molecule has 3 rings (SSSR count). The molecular formula is C17H21NO2. The summed E-state index contributed by atoms with van der Waals surface area (Å²) < 4.78 is 0. The average molecular weight is 271 g/mol. The molecule has 0 amide bonds. The van der Waals surface area contributed by atoms with Gasteiger partial charge >= 0.3 is 0 Å². The lowest BCUT2D eigenvalue weighted by atomic mass is 10.0. The van der Waals surface area contributed by atoms with Crippen molar-refractivity contribution in [3.8, 4) is 5.75 Å². The predicted octanol–water partition coefficient (Wildman–Crippen LogP) is 2.75. The first-order valence-corrected chi connectivity index (χ1v) is 7.25. The molecule has 0 bridgehead atoms. The fourth-order valence-electron chi connectivity index (χ4n) is 3.11. The van der Waals surface area contributed by atoms with E-state index in [9.17, 15) is 10.2 Å². The molecule has 2 atom stereocenters. The van der Waals surface area contributed by atoms with E-state index in [1.165, 1.54) is 0 Å². The van der Waals surface area contributed by atoms with Crippen LogP contribution in [-0.2, 0) is 6.54 Å². The van der Waals surface area contributed by atoms with Gasteiger partial charge in [0.05, 0.1) is 6.10 Å². The molecule has 2 N–H and O–H groups in total. The van der Waals surface area contributed by atoms with Crippen molar-refractivity contribution in [3.05, 3.63) is 42.0 Å². The maximum atomic E-state index is 10.2. The lowest BCUT2D eigenvalue weighted by Gasteiger charge is -2.19. The van der Waals surface area contributed by atoms with Crippen molar-refractivity contribution in [2.45, 2.75) is 26.0 Å². The third-order valence-corrected chi connectivity index (χ3v) is 4.39. The number of phenolic OH excluding ortho intramolecular Hbond substituents is 1. The second-order valence-electron chi connectivity index (χ2n) is 5.81. The molecule has 0 aromatic heterocycles. The van der Waals surface area contributed by atoms with Gasteiger partial charge in [0.1, 0.15) is 5.75 Å². The van der Waals surface area contributed by atoms with Gasteiger partial charge in [-0.15, -0.1) is 0 Å². The van der Waals surface area contributed by atoms with Crippen molar-refractivity contribution in [3.63, 3.8) is 0 Å². The Labute approximate surface area is 119 Å². The van der Waals surface area contributed by atoms with Crippen LogP contribution in [0.25, 0.3) is 10.8 Å². The minimum absolute atomic E-state index is 0.249. The number of aliphatic hydroxyl groups excluding tert-OH is 1. The van der Waals surface area contributed by atoms with E-state index in [1.54, 1.807) is 6.07 Å². The first-order chi connectivity index (χ1) is 9.65. The van der Waals surface area contributed by atoms with Crippen LogP contribution in [0.4, 0.5) is 0 Å². The summed E-state index contributed by atoms with van der Waals surface area (Å²) in [4.78, 5) is 2.32. The lowest BCUT2D eigenvalue weighted by Crippen LogP contribution is -2.24. The monoisotopic (exact) mass is 271 g/mol. The Morgan fingerprint density at radius 1 is 1.25 bits per heavy atom. The van der Waals surface area contributed by atoms with Gasteiger partial charge in [-0.25, -0.2) is 0 Å². The van der Waals surface area contributed by atoms with Gasteiger partial charge in [0.2, 0.25) is 0 Å². The molecule has 0 spiro atoms. The molecule has 1 aliphatic heterocycles. The molecule has 1 saturated heterocycles. The summed E-state index contributed by atoms with van der Waals surface area (Å²) in [5, 5.41) is 22.1. The summed E-state index contributed by atoms with van der Waals surface area (Å²) in [6.07, 6.45) is 0.782. The molecule has 1 aliphatic rings. The van der Waals surface area contributed by atoms with Gasteiger partial charge in [0.15, 0.2) is 0 Å². The van der Waals surface area contributed by atoms with Crippen LogP contribution in [-0.4, -0.2) is 34.3 Å². The van der Waals surface area contributed by atoms with Gasteiger partial charge in [-0.2, -0.15) is 0 Å². The Balaban J connectivity index is 1.86. The molecule has 0 saturated carbocycles. The highest BCUT2D eigenvalue weighted by molar-refractivity contribution is 5.87. The summed E-state index contributed by atoms with van der Waals surface area (Å²) in [6.45, 7) is 4.50. The third kappa shape index (κ3) is 2.51. The molecule has 2 unspecified atom stereocenters. The van der Waals surface area contributed by atoms with Crippen LogP contribution in [0.2, 0.25) is 0 Å². The first-order valence-electron chi connectivity index (χ1n) is 7.25. The van der Waals surface area contributed by atoms with Crippen molar-refractivity contribution in [2.75, 3.05) is 13.1 Å². The van der Waals surface area contributed by atoms with E-state index in [0.29, 0.717) is 11.7 Å². The third-order valence-electron chi connectivity index (χ3n) is 4.39. The van der Waals surface area contributed by atoms with Crippen LogP contribution in [0, 0.1) is 5.92 Å². The zero-order chi connectivity index (χ0) is 14.1. The Bertz CT molecular complexity index is 609. The summed E-state index contributed by atoms with van der Waals surface area (Å²) in [5.74, 6) is 0.719. The maximum absolute atomic E-state index is 10.2. The fraction of sp³-hybridized carbons (Fsp3) is 0.412. The van der Waals surface area contributed by atoms with Crippen LogP contribution in [0.1, 0.15) is 18.9 Å². The minimum Gasteiger partial charge on any atom is -0.508 e. The van der Waals surface area contributed by atoms with Gasteiger partial charge < -0.3 is 10.2 Å². The molecule has 2 aromatic rings. The van der Waals surface area contributed by atoms with Crippen LogP contribution < -0.4 is 0 Å². The molecule has 0 radical (unpaired) electrons. The van der Waals surface area contributed by atoms with E-state index >= 15 is 0 Å². The fourth-order valence-corrected chi connectivity index (χ4v) is 3.11. The second-order valence-corrected chi connectivity index (χ2v) is 5.81. The van der Waals surface area contributed by atoms with Crippen molar-refractivity contribution < 1.29 is 10.2 Å². The number of hydrogen-bond acceptors (Lipinski definition) is 3. The number of fused-ring (bicyclic) bond motifs is 1. The van der Waals surface area contributed by atoms with E-state index in [-0.39, 0.29) is 6.10 Å². The van der Waals surface area contributed by atoms with Crippen LogP contribution in [0.5, 0.6) is 5.75 Å². The van der Waals surface area contributed by atoms with E-state index in [0.717, 1.165) is 42.4 Å². The Hall–Kier alpha value is -1.58. The number of aromatic hydroxyl groups is 1. The van der Waals surface area contributed by atoms with Crippen LogP contribution in [0.15, 0.2) is 36.4 Å². The smallest absolute Gasteiger partial charge is 0.120 e. The van der Waals surface area contributed by atoms with Crippen molar-refractivity contribution in [1.82, 2.24) is 4.90 Å². The summed E-state index contributed by atoms with van der Waals surface area (Å²) in [6, 6.07) is 11.9. The summed E-state index contributed by atoms with van der Waals surface area (Å²) in [7, 11) is 0. The molecule has 3 nitrogen and oxygen atoms in total. The molecule has 0 aliphatic carbocycles. The van der Waals surface area contributed by atoms with Crippen LogP contribution >= 0.6 is 0 Å². The average Bonchev–Trinajstić information content (AvgIpc) is 2.91. The number of rotatable bonds is 3. The van der Waals surface area contributed by atoms with E-state index in [4.69, 9.17) is 0 Å². The topological polar surface area (TPSA) is 43.7 Å². The highest BCUT2D eigenvalue weighted by Gasteiger charge is 2.26. The van der Waals surface area contributed by atoms with Gasteiger partial charge in [0, 0.05) is 18.7 Å².